The van der Waals surface area contributed by atoms with Crippen LogP contribution in [0.15, 0.2) is 24.3 Å². The van der Waals surface area contributed by atoms with Gasteiger partial charge in [-0.15, -0.1) is 0 Å². The fraction of sp³-hybridized carbons (Fsp3) is 0.462. The van der Waals surface area contributed by atoms with Crippen LogP contribution in [0.4, 0.5) is 18.9 Å². The van der Waals surface area contributed by atoms with Crippen LogP contribution in [0.2, 0.25) is 0 Å². The number of carbonyl (C=O) groups is 1. The molecule has 0 spiro atoms. The van der Waals surface area contributed by atoms with Gasteiger partial charge in [-0.2, -0.15) is 13.2 Å². The molecule has 22 heavy (non-hydrogen) atoms. The molecular formula is C13H17F3N2O3S. The number of hydrogen-bond donors (Lipinski definition) is 2. The minimum absolute atomic E-state index is 0.129. The molecule has 0 fully saturated rings. The summed E-state index contributed by atoms with van der Waals surface area (Å²) in [4.78, 5) is 11.6. The van der Waals surface area contributed by atoms with Gasteiger partial charge in [-0.05, 0) is 18.6 Å². The van der Waals surface area contributed by atoms with Crippen molar-refractivity contribution in [1.82, 2.24) is 4.72 Å². The van der Waals surface area contributed by atoms with Gasteiger partial charge in [0.25, 0.3) is 0 Å². The van der Waals surface area contributed by atoms with E-state index in [1.165, 1.54) is 12.1 Å². The molecule has 2 N–H and O–H groups in total. The van der Waals surface area contributed by atoms with Gasteiger partial charge >= 0.3 is 6.18 Å². The van der Waals surface area contributed by atoms with Crippen molar-refractivity contribution < 1.29 is 26.4 Å². The van der Waals surface area contributed by atoms with Crippen LogP contribution in [0.5, 0.6) is 0 Å². The number of nitrogens with one attached hydrogen (secondary N) is 2. The van der Waals surface area contributed by atoms with Crippen LogP contribution >= 0.6 is 0 Å². The summed E-state index contributed by atoms with van der Waals surface area (Å²) in [6.45, 7) is 1.20. The number of amides is 1. The number of anilines is 1. The SMILES string of the molecule is CCCCS(=O)(=O)NCC(=O)Nc1ccccc1C(F)(F)F. The van der Waals surface area contributed by atoms with Gasteiger partial charge in [0.05, 0.1) is 23.5 Å². The second-order valence-electron chi connectivity index (χ2n) is 4.59. The van der Waals surface area contributed by atoms with Crippen molar-refractivity contribution in [3.8, 4) is 0 Å². The molecule has 0 heterocycles. The van der Waals surface area contributed by atoms with E-state index in [1.54, 1.807) is 0 Å². The van der Waals surface area contributed by atoms with Crippen molar-refractivity contribution in [3.05, 3.63) is 29.8 Å². The number of unbranched alkanes of at least 4 members (excludes halogenated alkanes) is 1. The van der Waals surface area contributed by atoms with E-state index in [2.05, 4.69) is 10.0 Å². The fourth-order valence-corrected chi connectivity index (χ4v) is 2.78. The highest BCUT2D eigenvalue weighted by atomic mass is 32.2. The highest BCUT2D eigenvalue weighted by molar-refractivity contribution is 7.89. The lowest BCUT2D eigenvalue weighted by atomic mass is 10.1. The number of hydrogen-bond acceptors (Lipinski definition) is 3. The second-order valence-corrected chi connectivity index (χ2v) is 6.51. The Morgan fingerprint density at radius 3 is 2.45 bits per heavy atom. The van der Waals surface area contributed by atoms with E-state index in [9.17, 15) is 26.4 Å². The van der Waals surface area contributed by atoms with E-state index in [4.69, 9.17) is 0 Å². The molecule has 5 nitrogen and oxygen atoms in total. The van der Waals surface area contributed by atoms with Gasteiger partial charge in [0, 0.05) is 0 Å². The molecule has 0 aliphatic rings. The average molecular weight is 338 g/mol. The van der Waals surface area contributed by atoms with Gasteiger partial charge in [0.1, 0.15) is 0 Å². The first-order valence-corrected chi connectivity index (χ1v) is 8.24. The maximum atomic E-state index is 12.8. The normalized spacial score (nSPS) is 12.2. The number of alkyl halides is 3. The maximum absolute atomic E-state index is 12.8. The summed E-state index contributed by atoms with van der Waals surface area (Å²) in [5.41, 5.74) is -1.40. The smallest absolute Gasteiger partial charge is 0.324 e. The fourth-order valence-electron chi connectivity index (χ4n) is 1.62. The third kappa shape index (κ3) is 6.02. The molecule has 0 atom stereocenters. The van der Waals surface area contributed by atoms with E-state index in [0.29, 0.717) is 12.8 Å². The molecule has 0 unspecified atom stereocenters. The molecule has 1 rings (SSSR count). The monoisotopic (exact) mass is 338 g/mol. The molecular weight excluding hydrogens is 321 g/mol. The van der Waals surface area contributed by atoms with Crippen LogP contribution in [0, 0.1) is 0 Å². The van der Waals surface area contributed by atoms with Crippen LogP contribution in [0.1, 0.15) is 25.3 Å². The first-order chi connectivity index (χ1) is 10.2. The average Bonchev–Trinajstić information content (AvgIpc) is 2.43. The number of sulfonamides is 1. The Hall–Kier alpha value is -1.61. The largest absolute Gasteiger partial charge is 0.418 e. The van der Waals surface area contributed by atoms with Gasteiger partial charge < -0.3 is 5.32 Å². The lowest BCUT2D eigenvalue weighted by Crippen LogP contribution is -2.34. The van der Waals surface area contributed by atoms with Crippen molar-refractivity contribution in [3.63, 3.8) is 0 Å². The second kappa shape index (κ2) is 7.59. The van der Waals surface area contributed by atoms with Crippen molar-refractivity contribution >= 4 is 21.6 Å². The summed E-state index contributed by atoms with van der Waals surface area (Å²) < 4.78 is 63.3. The lowest BCUT2D eigenvalue weighted by Gasteiger charge is -2.13. The van der Waals surface area contributed by atoms with E-state index in [1.807, 2.05) is 6.92 Å². The number of carbonyl (C=O) groups excluding carboxylic acids is 1. The topological polar surface area (TPSA) is 75.3 Å². The first kappa shape index (κ1) is 18.4. The quantitative estimate of drug-likeness (QED) is 0.801. The van der Waals surface area contributed by atoms with E-state index in [-0.39, 0.29) is 5.75 Å². The minimum Gasteiger partial charge on any atom is -0.324 e. The molecule has 1 aromatic carbocycles. The summed E-state index contributed by atoms with van der Waals surface area (Å²) in [6.07, 6.45) is -3.50. The molecule has 9 heteroatoms. The predicted octanol–water partition coefficient (Wildman–Crippen LogP) is 2.36. The van der Waals surface area contributed by atoms with Crippen LogP contribution < -0.4 is 10.0 Å². The third-order valence-corrected chi connectivity index (χ3v) is 4.14. The number of rotatable bonds is 7. The Labute approximate surface area is 127 Å². The minimum atomic E-state index is -4.61. The van der Waals surface area contributed by atoms with E-state index < -0.39 is 39.9 Å². The number of benzene rings is 1. The Morgan fingerprint density at radius 1 is 1.23 bits per heavy atom. The van der Waals surface area contributed by atoms with Gasteiger partial charge in [0.2, 0.25) is 15.9 Å². The molecule has 0 saturated heterocycles. The summed E-state index contributed by atoms with van der Waals surface area (Å²) in [5.74, 6) is -0.993. The zero-order valence-corrected chi connectivity index (χ0v) is 12.7. The summed E-state index contributed by atoms with van der Waals surface area (Å²) in [7, 11) is -3.60. The van der Waals surface area contributed by atoms with Crippen molar-refractivity contribution in [1.29, 1.82) is 0 Å². The number of para-hydroxylation sites is 1. The predicted molar refractivity (Wildman–Crippen MR) is 76.8 cm³/mol. The van der Waals surface area contributed by atoms with Gasteiger partial charge in [-0.3, -0.25) is 4.79 Å². The summed E-state index contributed by atoms with van der Waals surface area (Å²) in [6, 6.07) is 4.48. The zero-order chi connectivity index (χ0) is 16.8. The highest BCUT2D eigenvalue weighted by Gasteiger charge is 2.33. The van der Waals surface area contributed by atoms with E-state index in [0.717, 1.165) is 12.1 Å². The van der Waals surface area contributed by atoms with E-state index >= 15 is 0 Å². The standard InChI is InChI=1S/C13H17F3N2O3S/c1-2-3-8-22(20,21)17-9-12(19)18-11-7-5-4-6-10(11)13(14,15)16/h4-7,17H,2-3,8-9H2,1H3,(H,18,19). The molecule has 1 amide bonds. The first-order valence-electron chi connectivity index (χ1n) is 6.59. The Bertz CT molecular complexity index is 615. The van der Waals surface area contributed by atoms with Crippen molar-refractivity contribution in [2.45, 2.75) is 25.9 Å². The van der Waals surface area contributed by atoms with Gasteiger partial charge in [-0.1, -0.05) is 25.5 Å². The zero-order valence-electron chi connectivity index (χ0n) is 11.9. The summed E-state index contributed by atoms with van der Waals surface area (Å²) in [5, 5.41) is 2.06. The molecule has 0 bridgehead atoms. The molecule has 0 aliphatic carbocycles. The summed E-state index contributed by atoms with van der Waals surface area (Å²) >= 11 is 0. The van der Waals surface area contributed by atoms with Crippen LogP contribution in [-0.2, 0) is 21.0 Å². The molecule has 0 saturated carbocycles. The Balaban J connectivity index is 2.67. The van der Waals surface area contributed by atoms with Crippen molar-refractivity contribution in [2.75, 3.05) is 17.6 Å². The highest BCUT2D eigenvalue weighted by Crippen LogP contribution is 2.34. The maximum Gasteiger partial charge on any atom is 0.418 e. The molecule has 0 aromatic heterocycles. The van der Waals surface area contributed by atoms with Gasteiger partial charge in [-0.25, -0.2) is 13.1 Å². The lowest BCUT2D eigenvalue weighted by molar-refractivity contribution is -0.137. The Kier molecular flexibility index (Phi) is 6.36. The van der Waals surface area contributed by atoms with Crippen LogP contribution in [0.25, 0.3) is 0 Å². The van der Waals surface area contributed by atoms with Gasteiger partial charge in [0.15, 0.2) is 0 Å². The molecule has 1 aromatic rings. The van der Waals surface area contributed by atoms with Crippen LogP contribution in [-0.4, -0.2) is 26.6 Å². The van der Waals surface area contributed by atoms with Crippen LogP contribution in [0.3, 0.4) is 0 Å². The molecule has 0 aliphatic heterocycles. The Morgan fingerprint density at radius 2 is 1.86 bits per heavy atom. The van der Waals surface area contributed by atoms with Crippen molar-refractivity contribution in [2.24, 2.45) is 0 Å². The molecule has 124 valence electrons. The number of halogens is 3. The molecule has 0 radical (unpaired) electrons. The third-order valence-electron chi connectivity index (χ3n) is 2.73.